The van der Waals surface area contributed by atoms with E-state index in [0.29, 0.717) is 19.6 Å². The van der Waals surface area contributed by atoms with E-state index in [2.05, 4.69) is 6.92 Å². The van der Waals surface area contributed by atoms with Crippen molar-refractivity contribution in [2.45, 2.75) is 51.1 Å². The molecule has 0 bridgehead atoms. The Bertz CT molecular complexity index is 174. The van der Waals surface area contributed by atoms with Crippen LogP contribution in [0.15, 0.2) is 0 Å². The molecular weight excluding hydrogens is 196 g/mol. The van der Waals surface area contributed by atoms with E-state index in [-0.39, 0.29) is 24.4 Å². The smallest absolute Gasteiger partial charge is 0.110 e. The van der Waals surface area contributed by atoms with Crippen molar-refractivity contribution in [2.24, 2.45) is 0 Å². The Morgan fingerprint density at radius 3 is 2.67 bits per heavy atom. The molecule has 1 aliphatic rings. The highest BCUT2D eigenvalue weighted by Crippen LogP contribution is 2.28. The first-order chi connectivity index (χ1) is 7.19. The van der Waals surface area contributed by atoms with Crippen LogP contribution in [0.4, 0.5) is 0 Å². The van der Waals surface area contributed by atoms with E-state index in [1.165, 1.54) is 0 Å². The minimum absolute atomic E-state index is 0.0480. The second-order valence-electron chi connectivity index (χ2n) is 4.02. The van der Waals surface area contributed by atoms with Gasteiger partial charge in [-0.15, -0.1) is 0 Å². The Hall–Kier alpha value is -0.160. The van der Waals surface area contributed by atoms with Crippen molar-refractivity contribution < 1.29 is 19.3 Å². The Morgan fingerprint density at radius 1 is 1.40 bits per heavy atom. The molecule has 0 aromatic rings. The Labute approximate surface area is 91.5 Å². The summed E-state index contributed by atoms with van der Waals surface area (Å²) in [5, 5.41) is 9.52. The third-order valence-electron chi connectivity index (χ3n) is 2.80. The summed E-state index contributed by atoms with van der Waals surface area (Å²) in [6, 6.07) is 0. The third kappa shape index (κ3) is 3.72. The first-order valence-electron chi connectivity index (χ1n) is 5.63. The van der Waals surface area contributed by atoms with Gasteiger partial charge in [0.2, 0.25) is 0 Å². The van der Waals surface area contributed by atoms with Gasteiger partial charge in [0, 0.05) is 13.5 Å². The first kappa shape index (κ1) is 12.9. The van der Waals surface area contributed by atoms with Crippen LogP contribution in [0.1, 0.15) is 26.7 Å². The highest BCUT2D eigenvalue weighted by molar-refractivity contribution is 4.92. The van der Waals surface area contributed by atoms with Gasteiger partial charge in [-0.2, -0.15) is 0 Å². The van der Waals surface area contributed by atoms with Gasteiger partial charge < -0.3 is 19.3 Å². The maximum atomic E-state index is 9.52. The van der Waals surface area contributed by atoms with E-state index in [0.717, 1.165) is 6.42 Å². The van der Waals surface area contributed by atoms with Crippen LogP contribution in [0.2, 0.25) is 0 Å². The van der Waals surface area contributed by atoms with Gasteiger partial charge in [0.05, 0.1) is 31.5 Å². The lowest BCUT2D eigenvalue weighted by Gasteiger charge is -2.42. The van der Waals surface area contributed by atoms with Crippen molar-refractivity contribution in [1.82, 2.24) is 0 Å². The molecule has 4 heteroatoms. The number of aliphatic hydroxyl groups excluding tert-OH is 1. The van der Waals surface area contributed by atoms with E-state index in [1.54, 1.807) is 7.11 Å². The van der Waals surface area contributed by atoms with E-state index in [4.69, 9.17) is 14.2 Å². The number of methoxy groups -OCH3 is 1. The Morgan fingerprint density at radius 2 is 2.13 bits per heavy atom. The zero-order valence-corrected chi connectivity index (χ0v) is 9.81. The van der Waals surface area contributed by atoms with Crippen LogP contribution in [-0.2, 0) is 14.2 Å². The summed E-state index contributed by atoms with van der Waals surface area (Å²) in [5.74, 6) is 0. The van der Waals surface area contributed by atoms with E-state index < -0.39 is 0 Å². The van der Waals surface area contributed by atoms with Crippen LogP contribution in [-0.4, -0.2) is 49.8 Å². The van der Waals surface area contributed by atoms with Gasteiger partial charge in [-0.05, 0) is 13.3 Å². The molecule has 4 unspecified atom stereocenters. The summed E-state index contributed by atoms with van der Waals surface area (Å²) < 4.78 is 16.1. The SMILES string of the molecule is CCC(C)OC1CC(O)C1OCCOC. The van der Waals surface area contributed by atoms with Gasteiger partial charge in [0.25, 0.3) is 0 Å². The monoisotopic (exact) mass is 218 g/mol. The Kier molecular flexibility index (Phi) is 5.53. The predicted molar refractivity (Wildman–Crippen MR) is 56.9 cm³/mol. The molecule has 0 radical (unpaired) electrons. The predicted octanol–water partition coefficient (Wildman–Crippen LogP) is 0.966. The summed E-state index contributed by atoms with van der Waals surface area (Å²) in [6.45, 7) is 5.19. The second-order valence-corrected chi connectivity index (χ2v) is 4.02. The molecule has 15 heavy (non-hydrogen) atoms. The molecule has 1 saturated carbocycles. The molecule has 0 heterocycles. The number of ether oxygens (including phenoxy) is 3. The van der Waals surface area contributed by atoms with E-state index in [9.17, 15) is 5.11 Å². The fraction of sp³-hybridized carbons (Fsp3) is 1.00. The highest BCUT2D eigenvalue weighted by atomic mass is 16.6. The molecule has 0 aromatic heterocycles. The zero-order valence-electron chi connectivity index (χ0n) is 9.81. The first-order valence-corrected chi connectivity index (χ1v) is 5.63. The van der Waals surface area contributed by atoms with Crippen molar-refractivity contribution in [3.8, 4) is 0 Å². The largest absolute Gasteiger partial charge is 0.390 e. The average molecular weight is 218 g/mol. The van der Waals surface area contributed by atoms with E-state index in [1.807, 2.05) is 6.92 Å². The lowest BCUT2D eigenvalue weighted by Crippen LogP contribution is -2.54. The van der Waals surface area contributed by atoms with Crippen molar-refractivity contribution in [3.63, 3.8) is 0 Å². The van der Waals surface area contributed by atoms with Gasteiger partial charge in [-0.25, -0.2) is 0 Å². The number of hydrogen-bond acceptors (Lipinski definition) is 4. The number of aliphatic hydroxyl groups is 1. The summed E-state index contributed by atoms with van der Waals surface area (Å²) in [7, 11) is 1.63. The quantitative estimate of drug-likeness (QED) is 0.647. The van der Waals surface area contributed by atoms with Gasteiger partial charge in [-0.3, -0.25) is 0 Å². The fourth-order valence-electron chi connectivity index (χ4n) is 1.57. The van der Waals surface area contributed by atoms with E-state index >= 15 is 0 Å². The fourth-order valence-corrected chi connectivity index (χ4v) is 1.57. The Balaban J connectivity index is 2.21. The molecule has 0 aromatic carbocycles. The molecule has 0 saturated heterocycles. The standard InChI is InChI=1S/C11H22O4/c1-4-8(2)15-10-7-9(12)11(10)14-6-5-13-3/h8-12H,4-7H2,1-3H3. The number of hydrogen-bond donors (Lipinski definition) is 1. The van der Waals surface area contributed by atoms with Crippen LogP contribution < -0.4 is 0 Å². The molecule has 1 rings (SSSR count). The number of rotatable bonds is 7. The van der Waals surface area contributed by atoms with Crippen molar-refractivity contribution in [2.75, 3.05) is 20.3 Å². The summed E-state index contributed by atoms with van der Waals surface area (Å²) in [5.41, 5.74) is 0. The van der Waals surface area contributed by atoms with Crippen LogP contribution in [0, 0.1) is 0 Å². The molecule has 1 N–H and O–H groups in total. The maximum absolute atomic E-state index is 9.52. The topological polar surface area (TPSA) is 47.9 Å². The lowest BCUT2D eigenvalue weighted by molar-refractivity contribution is -0.208. The highest BCUT2D eigenvalue weighted by Gasteiger charge is 2.42. The third-order valence-corrected chi connectivity index (χ3v) is 2.80. The maximum Gasteiger partial charge on any atom is 0.110 e. The zero-order chi connectivity index (χ0) is 11.3. The normalized spacial score (nSPS) is 32.4. The van der Waals surface area contributed by atoms with Gasteiger partial charge in [0.15, 0.2) is 0 Å². The second kappa shape index (κ2) is 6.43. The molecule has 90 valence electrons. The van der Waals surface area contributed by atoms with Crippen LogP contribution in [0.5, 0.6) is 0 Å². The van der Waals surface area contributed by atoms with Crippen molar-refractivity contribution >= 4 is 0 Å². The van der Waals surface area contributed by atoms with Crippen LogP contribution in [0.3, 0.4) is 0 Å². The molecule has 0 spiro atoms. The minimum atomic E-state index is -0.379. The van der Waals surface area contributed by atoms with Gasteiger partial charge >= 0.3 is 0 Å². The molecule has 4 nitrogen and oxygen atoms in total. The van der Waals surface area contributed by atoms with Crippen LogP contribution in [0.25, 0.3) is 0 Å². The summed E-state index contributed by atoms with van der Waals surface area (Å²) in [4.78, 5) is 0. The molecular formula is C11H22O4. The van der Waals surface area contributed by atoms with Crippen molar-refractivity contribution in [1.29, 1.82) is 0 Å². The molecule has 4 atom stereocenters. The molecule has 0 aliphatic heterocycles. The lowest BCUT2D eigenvalue weighted by atomic mass is 9.88. The van der Waals surface area contributed by atoms with Crippen LogP contribution >= 0.6 is 0 Å². The summed E-state index contributed by atoms with van der Waals surface area (Å²) >= 11 is 0. The van der Waals surface area contributed by atoms with Crippen molar-refractivity contribution in [3.05, 3.63) is 0 Å². The minimum Gasteiger partial charge on any atom is -0.390 e. The molecule has 1 fully saturated rings. The average Bonchev–Trinajstić information content (AvgIpc) is 2.23. The van der Waals surface area contributed by atoms with Gasteiger partial charge in [-0.1, -0.05) is 6.92 Å². The molecule has 0 amide bonds. The molecule has 1 aliphatic carbocycles. The summed E-state index contributed by atoms with van der Waals surface area (Å²) in [6.07, 6.45) is 1.40. The van der Waals surface area contributed by atoms with Gasteiger partial charge in [0.1, 0.15) is 6.10 Å².